The van der Waals surface area contributed by atoms with Crippen molar-refractivity contribution in [2.75, 3.05) is 0 Å². The molecule has 13 rings (SSSR count). The van der Waals surface area contributed by atoms with Gasteiger partial charge in [0.05, 0.1) is 22.2 Å². The average Bonchev–Trinajstić information content (AvgIpc) is 4.00. The van der Waals surface area contributed by atoms with Crippen molar-refractivity contribution < 1.29 is 8.83 Å². The molecule has 0 fully saturated rings. The van der Waals surface area contributed by atoms with Crippen LogP contribution in [0.5, 0.6) is 0 Å². The van der Waals surface area contributed by atoms with E-state index in [0.29, 0.717) is 23.1 Å². The van der Waals surface area contributed by atoms with Crippen molar-refractivity contribution in [1.82, 2.24) is 19.9 Å². The minimum absolute atomic E-state index is 0.558. The molecule has 0 saturated heterocycles. The zero-order valence-electron chi connectivity index (χ0n) is 36.5. The first-order chi connectivity index (χ1) is 33.7. The Balaban J connectivity index is 0.880. The third kappa shape index (κ3) is 7.00. The molecule has 0 unspecified atom stereocenters. The second-order valence-corrected chi connectivity index (χ2v) is 17.0. The van der Waals surface area contributed by atoms with E-state index >= 15 is 0 Å². The standard InChI is InChI=1S/C62H38N4O2/c1-3-14-39(15-4-1)41-28-32-43(33-29-41)59-63-57(55-51-24-7-9-26-53(51)67-61(55)65-59)49-22-12-20-47(37-49)45-18-11-19-46(36-45)48-21-13-23-50(38-48)58-56-52-25-8-10-27-54(52)68-62(56)66-60(64-58)44-34-30-42(31-35-44)40-16-5-2-6-17-40/h1-38H. The molecule has 0 atom stereocenters. The lowest BCUT2D eigenvalue weighted by Crippen LogP contribution is -1.94. The predicted octanol–water partition coefficient (Wildman–Crippen LogP) is 16.4. The summed E-state index contributed by atoms with van der Waals surface area (Å²) >= 11 is 0. The highest BCUT2D eigenvalue weighted by Gasteiger charge is 2.21. The van der Waals surface area contributed by atoms with Crippen LogP contribution in [0, 0.1) is 0 Å². The maximum Gasteiger partial charge on any atom is 0.231 e. The van der Waals surface area contributed by atoms with Gasteiger partial charge < -0.3 is 8.83 Å². The van der Waals surface area contributed by atoms with Gasteiger partial charge in [-0.05, 0) is 74.8 Å². The Morgan fingerprint density at radius 1 is 0.235 bits per heavy atom. The van der Waals surface area contributed by atoms with E-state index in [9.17, 15) is 0 Å². The number of hydrogen-bond donors (Lipinski definition) is 0. The van der Waals surface area contributed by atoms with E-state index in [1.165, 1.54) is 0 Å². The highest BCUT2D eigenvalue weighted by Crippen LogP contribution is 2.40. The number of fused-ring (bicyclic) bond motifs is 6. The molecule has 68 heavy (non-hydrogen) atoms. The number of rotatable bonds is 8. The smallest absolute Gasteiger partial charge is 0.231 e. The highest BCUT2D eigenvalue weighted by atomic mass is 16.3. The van der Waals surface area contributed by atoms with Gasteiger partial charge in [-0.3, -0.25) is 0 Å². The summed E-state index contributed by atoms with van der Waals surface area (Å²) in [6, 6.07) is 79.6. The van der Waals surface area contributed by atoms with E-state index in [1.807, 2.05) is 48.5 Å². The van der Waals surface area contributed by atoms with Crippen molar-refractivity contribution in [3.8, 4) is 89.8 Å². The van der Waals surface area contributed by atoms with Crippen LogP contribution in [0.1, 0.15) is 0 Å². The van der Waals surface area contributed by atoms with Gasteiger partial charge >= 0.3 is 0 Å². The summed E-state index contributed by atoms with van der Waals surface area (Å²) in [6.07, 6.45) is 0. The summed E-state index contributed by atoms with van der Waals surface area (Å²) in [5, 5.41) is 3.75. The fourth-order valence-electron chi connectivity index (χ4n) is 9.38. The van der Waals surface area contributed by atoms with Crippen LogP contribution in [-0.4, -0.2) is 19.9 Å². The lowest BCUT2D eigenvalue weighted by molar-refractivity contribution is 0.653. The second-order valence-electron chi connectivity index (χ2n) is 17.0. The van der Waals surface area contributed by atoms with Gasteiger partial charge in [0, 0.05) is 33.0 Å². The number of nitrogens with zero attached hydrogens (tertiary/aromatic N) is 4. The summed E-state index contributed by atoms with van der Waals surface area (Å²) in [5.41, 5.74) is 17.0. The molecule has 9 aromatic carbocycles. The number of benzene rings is 9. The molecule has 0 radical (unpaired) electrons. The van der Waals surface area contributed by atoms with Crippen molar-refractivity contribution in [3.63, 3.8) is 0 Å². The first kappa shape index (κ1) is 39.1. The summed E-state index contributed by atoms with van der Waals surface area (Å²) in [6.45, 7) is 0. The van der Waals surface area contributed by atoms with Crippen molar-refractivity contribution in [1.29, 1.82) is 0 Å². The lowest BCUT2D eigenvalue weighted by Gasteiger charge is -2.11. The van der Waals surface area contributed by atoms with E-state index < -0.39 is 0 Å². The van der Waals surface area contributed by atoms with E-state index in [-0.39, 0.29) is 0 Å². The van der Waals surface area contributed by atoms with Gasteiger partial charge in [0.2, 0.25) is 11.4 Å². The summed E-state index contributed by atoms with van der Waals surface area (Å²) in [5.74, 6) is 1.21. The minimum Gasteiger partial charge on any atom is -0.438 e. The van der Waals surface area contributed by atoms with Crippen molar-refractivity contribution in [2.24, 2.45) is 0 Å². The monoisotopic (exact) mass is 870 g/mol. The number of aromatic nitrogens is 4. The second kappa shape index (κ2) is 16.3. The Kier molecular flexibility index (Phi) is 9.39. The number of para-hydroxylation sites is 2. The van der Waals surface area contributed by atoms with Crippen LogP contribution in [-0.2, 0) is 0 Å². The third-order valence-electron chi connectivity index (χ3n) is 12.8. The Morgan fingerprint density at radius 3 is 0.956 bits per heavy atom. The van der Waals surface area contributed by atoms with Crippen molar-refractivity contribution in [2.45, 2.75) is 0 Å². The molecule has 4 heterocycles. The summed E-state index contributed by atoms with van der Waals surface area (Å²) in [4.78, 5) is 20.6. The molecular weight excluding hydrogens is 833 g/mol. The lowest BCUT2D eigenvalue weighted by atomic mass is 9.95. The van der Waals surface area contributed by atoms with Gasteiger partial charge in [-0.2, -0.15) is 9.97 Å². The van der Waals surface area contributed by atoms with E-state index in [4.69, 9.17) is 28.8 Å². The molecule has 318 valence electrons. The molecule has 4 aromatic heterocycles. The zero-order chi connectivity index (χ0) is 45.0. The zero-order valence-corrected chi connectivity index (χ0v) is 36.5. The SMILES string of the molecule is c1ccc(-c2ccc(-c3nc(-c4cccc(-c5cccc(-c6cccc(-c7nc(-c8ccc(-c9ccccc9)cc8)nc8oc9ccccc9c78)c6)c5)c4)c4c(n3)oc3ccccc34)cc2)cc1. The minimum atomic E-state index is 0.558. The Hall–Kier alpha value is -9.26. The Labute approximate surface area is 391 Å². The van der Waals surface area contributed by atoms with Crippen LogP contribution in [0.2, 0.25) is 0 Å². The van der Waals surface area contributed by atoms with Crippen LogP contribution < -0.4 is 0 Å². The summed E-state index contributed by atoms with van der Waals surface area (Å²) in [7, 11) is 0. The molecule has 0 bridgehead atoms. The van der Waals surface area contributed by atoms with Crippen LogP contribution in [0.15, 0.2) is 239 Å². The quantitative estimate of drug-likeness (QED) is 0.151. The average molecular weight is 871 g/mol. The van der Waals surface area contributed by atoms with Crippen molar-refractivity contribution >= 4 is 44.1 Å². The topological polar surface area (TPSA) is 77.8 Å². The molecule has 0 N–H and O–H groups in total. The molecule has 6 heteroatoms. The number of furan rings is 2. The molecule has 0 saturated carbocycles. The third-order valence-corrected chi connectivity index (χ3v) is 12.8. The molecule has 0 aliphatic heterocycles. The molecule has 0 aliphatic rings. The Morgan fingerprint density at radius 2 is 0.544 bits per heavy atom. The normalized spacial score (nSPS) is 11.5. The largest absolute Gasteiger partial charge is 0.438 e. The summed E-state index contributed by atoms with van der Waals surface area (Å²) < 4.78 is 12.8. The van der Waals surface area contributed by atoms with Crippen LogP contribution >= 0.6 is 0 Å². The Bertz CT molecular complexity index is 3750. The van der Waals surface area contributed by atoms with Gasteiger partial charge in [-0.25, -0.2) is 9.97 Å². The first-order valence-electron chi connectivity index (χ1n) is 22.7. The van der Waals surface area contributed by atoms with Gasteiger partial charge in [0.1, 0.15) is 11.2 Å². The highest BCUT2D eigenvalue weighted by molar-refractivity contribution is 6.12. The molecule has 0 aliphatic carbocycles. The molecule has 0 spiro atoms. The molecular formula is C62H38N4O2. The van der Waals surface area contributed by atoms with Gasteiger partial charge in [0.15, 0.2) is 11.6 Å². The maximum absolute atomic E-state index is 6.42. The van der Waals surface area contributed by atoms with Crippen LogP contribution in [0.4, 0.5) is 0 Å². The van der Waals surface area contributed by atoms with Gasteiger partial charge in [-0.15, -0.1) is 0 Å². The first-order valence-corrected chi connectivity index (χ1v) is 22.7. The number of hydrogen-bond acceptors (Lipinski definition) is 6. The van der Waals surface area contributed by atoms with E-state index in [2.05, 4.69) is 182 Å². The predicted molar refractivity (Wildman–Crippen MR) is 276 cm³/mol. The molecule has 13 aromatic rings. The molecule has 6 nitrogen and oxygen atoms in total. The van der Waals surface area contributed by atoms with E-state index in [1.54, 1.807) is 0 Å². The molecule has 0 amide bonds. The van der Waals surface area contributed by atoms with E-state index in [0.717, 1.165) is 111 Å². The van der Waals surface area contributed by atoms with Crippen molar-refractivity contribution in [3.05, 3.63) is 231 Å². The van der Waals surface area contributed by atoms with Crippen LogP contribution in [0.3, 0.4) is 0 Å². The maximum atomic E-state index is 6.42. The van der Waals surface area contributed by atoms with Gasteiger partial charge in [0.25, 0.3) is 0 Å². The fourth-order valence-corrected chi connectivity index (χ4v) is 9.38. The van der Waals surface area contributed by atoms with Gasteiger partial charge in [-0.1, -0.05) is 200 Å². The fraction of sp³-hybridized carbons (Fsp3) is 0. The van der Waals surface area contributed by atoms with Crippen LogP contribution in [0.25, 0.3) is 134 Å².